The van der Waals surface area contributed by atoms with Crippen molar-refractivity contribution in [3.05, 3.63) is 28.0 Å². The Labute approximate surface area is 108 Å². The predicted octanol–water partition coefficient (Wildman–Crippen LogP) is 1.79. The summed E-state index contributed by atoms with van der Waals surface area (Å²) >= 11 is 11.0. The smallest absolute Gasteiger partial charge is 0.242 e. The molecule has 2 N–H and O–H groups in total. The van der Waals surface area contributed by atoms with Gasteiger partial charge < -0.3 is 5.11 Å². The summed E-state index contributed by atoms with van der Waals surface area (Å²) in [7, 11) is -3.97. The monoisotopic (exact) mass is 301 g/mol. The quantitative estimate of drug-likeness (QED) is 0.833. The third kappa shape index (κ3) is 3.53. The van der Waals surface area contributed by atoms with Crippen LogP contribution in [0.15, 0.2) is 17.0 Å². The van der Waals surface area contributed by atoms with Gasteiger partial charge in [0.15, 0.2) is 5.82 Å². The number of rotatable bonds is 4. The van der Waals surface area contributed by atoms with E-state index in [1.165, 1.54) is 6.92 Å². The van der Waals surface area contributed by atoms with Crippen LogP contribution in [0.25, 0.3) is 0 Å². The van der Waals surface area contributed by atoms with Crippen molar-refractivity contribution in [3.8, 4) is 0 Å². The molecule has 0 aliphatic rings. The van der Waals surface area contributed by atoms with Crippen LogP contribution in [0.1, 0.15) is 6.92 Å². The molecule has 1 rings (SSSR count). The average Bonchev–Trinajstić information content (AvgIpc) is 2.23. The summed E-state index contributed by atoms with van der Waals surface area (Å²) in [5, 5.41) is 8.14. The molecule has 0 aliphatic heterocycles. The second-order valence-electron chi connectivity index (χ2n) is 3.37. The Morgan fingerprint density at radius 2 is 2.06 bits per heavy atom. The molecule has 0 bridgehead atoms. The fourth-order valence-corrected chi connectivity index (χ4v) is 2.89. The highest BCUT2D eigenvalue weighted by molar-refractivity contribution is 7.89. The highest BCUT2D eigenvalue weighted by atomic mass is 35.5. The normalized spacial score (nSPS) is 13.7. The van der Waals surface area contributed by atoms with Gasteiger partial charge in [0, 0.05) is 6.54 Å². The van der Waals surface area contributed by atoms with Gasteiger partial charge in [-0.05, 0) is 19.1 Å². The van der Waals surface area contributed by atoms with Crippen molar-refractivity contribution in [1.29, 1.82) is 0 Å². The molecule has 0 heterocycles. The lowest BCUT2D eigenvalue weighted by Crippen LogP contribution is -2.30. The number of nitrogens with one attached hydrogen (secondary N) is 1. The topological polar surface area (TPSA) is 66.4 Å². The van der Waals surface area contributed by atoms with Crippen LogP contribution in [0.3, 0.4) is 0 Å². The van der Waals surface area contributed by atoms with Crippen molar-refractivity contribution in [2.24, 2.45) is 0 Å². The van der Waals surface area contributed by atoms with E-state index in [0.717, 1.165) is 12.1 Å². The molecule has 0 aliphatic carbocycles. The Balaban J connectivity index is 3.12. The predicted molar refractivity (Wildman–Crippen MR) is 63.3 cm³/mol. The number of hydrogen-bond acceptors (Lipinski definition) is 3. The van der Waals surface area contributed by atoms with Gasteiger partial charge in [-0.2, -0.15) is 0 Å². The van der Waals surface area contributed by atoms with Crippen molar-refractivity contribution in [3.63, 3.8) is 0 Å². The average molecular weight is 302 g/mol. The molecule has 0 aromatic heterocycles. The summed E-state index contributed by atoms with van der Waals surface area (Å²) in [5.74, 6) is -0.992. The molecule has 8 heteroatoms. The molecule has 1 aromatic carbocycles. The number of aliphatic hydroxyl groups is 1. The molecule has 1 atom stereocenters. The molecule has 0 fully saturated rings. The van der Waals surface area contributed by atoms with Gasteiger partial charge in [-0.15, -0.1) is 0 Å². The number of halogens is 3. The third-order valence-corrected chi connectivity index (χ3v) is 4.10. The number of benzene rings is 1. The van der Waals surface area contributed by atoms with E-state index in [9.17, 15) is 12.8 Å². The van der Waals surface area contributed by atoms with Crippen LogP contribution in [0.4, 0.5) is 4.39 Å². The van der Waals surface area contributed by atoms with Gasteiger partial charge in [-0.25, -0.2) is 17.5 Å². The SMILES string of the molecule is CC(O)CNS(=O)(=O)c1ccc(Cl)c(F)c1Cl. The van der Waals surface area contributed by atoms with Gasteiger partial charge in [-0.3, -0.25) is 0 Å². The fourth-order valence-electron chi connectivity index (χ4n) is 1.02. The Bertz CT molecular complexity index is 519. The van der Waals surface area contributed by atoms with Gasteiger partial charge in [0.05, 0.1) is 16.1 Å². The Hall–Kier alpha value is -0.400. The summed E-state index contributed by atoms with van der Waals surface area (Å²) < 4.78 is 38.8. The standard InChI is InChI=1S/C9H10Cl2FNO3S/c1-5(14)4-13-17(15,16)7-3-2-6(10)9(12)8(7)11/h2-3,5,13-14H,4H2,1H3. The summed E-state index contributed by atoms with van der Waals surface area (Å²) in [6, 6.07) is 2.19. The maximum Gasteiger partial charge on any atom is 0.242 e. The first-order valence-electron chi connectivity index (χ1n) is 4.57. The van der Waals surface area contributed by atoms with Crippen molar-refractivity contribution in [1.82, 2.24) is 4.72 Å². The van der Waals surface area contributed by atoms with Crippen LogP contribution >= 0.6 is 23.2 Å². The van der Waals surface area contributed by atoms with E-state index in [-0.39, 0.29) is 11.6 Å². The van der Waals surface area contributed by atoms with E-state index < -0.39 is 31.9 Å². The largest absolute Gasteiger partial charge is 0.392 e. The van der Waals surface area contributed by atoms with Gasteiger partial charge in [0.2, 0.25) is 10.0 Å². The second-order valence-corrected chi connectivity index (χ2v) is 5.89. The molecule has 0 spiro atoms. The summed E-state index contributed by atoms with van der Waals surface area (Å²) in [6.45, 7) is 1.22. The van der Waals surface area contributed by atoms with Gasteiger partial charge in [0.25, 0.3) is 0 Å². The van der Waals surface area contributed by atoms with E-state index in [1.54, 1.807) is 0 Å². The second kappa shape index (κ2) is 5.49. The minimum atomic E-state index is -3.97. The van der Waals surface area contributed by atoms with E-state index in [2.05, 4.69) is 4.72 Å². The Kier molecular flexibility index (Phi) is 4.74. The molecule has 0 amide bonds. The molecule has 96 valence electrons. The van der Waals surface area contributed by atoms with Crippen LogP contribution in [0.2, 0.25) is 10.0 Å². The molecule has 0 radical (unpaired) electrons. The minimum Gasteiger partial charge on any atom is -0.392 e. The third-order valence-electron chi connectivity index (χ3n) is 1.86. The van der Waals surface area contributed by atoms with Crippen molar-refractivity contribution < 1.29 is 17.9 Å². The summed E-state index contributed by atoms with van der Waals surface area (Å²) in [4.78, 5) is -0.415. The molecule has 1 unspecified atom stereocenters. The Morgan fingerprint density at radius 3 is 2.59 bits per heavy atom. The van der Waals surface area contributed by atoms with E-state index in [1.807, 2.05) is 0 Å². The zero-order valence-corrected chi connectivity index (χ0v) is 11.1. The fraction of sp³-hybridized carbons (Fsp3) is 0.333. The van der Waals surface area contributed by atoms with Crippen molar-refractivity contribution >= 4 is 33.2 Å². The summed E-state index contributed by atoms with van der Waals surface area (Å²) in [5.41, 5.74) is 0. The zero-order valence-electron chi connectivity index (χ0n) is 8.75. The highest BCUT2D eigenvalue weighted by Gasteiger charge is 2.21. The van der Waals surface area contributed by atoms with Crippen LogP contribution in [0, 0.1) is 5.82 Å². The molecule has 1 aromatic rings. The number of hydrogen-bond donors (Lipinski definition) is 2. The minimum absolute atomic E-state index is 0.192. The van der Waals surface area contributed by atoms with E-state index in [0.29, 0.717) is 0 Å². The van der Waals surface area contributed by atoms with Crippen molar-refractivity contribution in [2.45, 2.75) is 17.9 Å². The van der Waals surface area contributed by atoms with Crippen LogP contribution in [0.5, 0.6) is 0 Å². The molecule has 17 heavy (non-hydrogen) atoms. The van der Waals surface area contributed by atoms with Gasteiger partial charge in [-0.1, -0.05) is 23.2 Å². The summed E-state index contributed by atoms with van der Waals surface area (Å²) in [6.07, 6.45) is -0.860. The first-order chi connectivity index (χ1) is 7.75. The van der Waals surface area contributed by atoms with Crippen LogP contribution < -0.4 is 4.72 Å². The van der Waals surface area contributed by atoms with Gasteiger partial charge in [0.1, 0.15) is 4.90 Å². The molecular formula is C9H10Cl2FNO3S. The van der Waals surface area contributed by atoms with E-state index in [4.69, 9.17) is 28.3 Å². The highest BCUT2D eigenvalue weighted by Crippen LogP contribution is 2.29. The molecule has 0 saturated heterocycles. The zero-order chi connectivity index (χ0) is 13.2. The lowest BCUT2D eigenvalue weighted by molar-refractivity contribution is 0.198. The maximum atomic E-state index is 13.3. The maximum absolute atomic E-state index is 13.3. The molecular weight excluding hydrogens is 292 g/mol. The first-order valence-corrected chi connectivity index (χ1v) is 6.81. The lowest BCUT2D eigenvalue weighted by atomic mass is 10.3. The van der Waals surface area contributed by atoms with Crippen LogP contribution in [-0.4, -0.2) is 26.2 Å². The van der Waals surface area contributed by atoms with E-state index >= 15 is 0 Å². The number of aliphatic hydroxyl groups excluding tert-OH is 1. The molecule has 0 saturated carbocycles. The number of sulfonamides is 1. The first kappa shape index (κ1) is 14.7. The molecule has 4 nitrogen and oxygen atoms in total. The van der Waals surface area contributed by atoms with Crippen LogP contribution in [-0.2, 0) is 10.0 Å². The lowest BCUT2D eigenvalue weighted by Gasteiger charge is -2.10. The van der Waals surface area contributed by atoms with Gasteiger partial charge >= 0.3 is 0 Å². The van der Waals surface area contributed by atoms with Crippen molar-refractivity contribution in [2.75, 3.05) is 6.54 Å². The Morgan fingerprint density at radius 1 is 1.47 bits per heavy atom.